The maximum Gasteiger partial charge on any atom is 0.333 e. The number of carbonyl (C=O) groups excluding carboxylic acids is 1. The van der Waals surface area contributed by atoms with Crippen molar-refractivity contribution in [3.05, 3.63) is 61.4 Å². The quantitative estimate of drug-likeness (QED) is 0.359. The summed E-state index contributed by atoms with van der Waals surface area (Å²) in [5, 5.41) is 20.5. The fourth-order valence-electron chi connectivity index (χ4n) is 4.76. The number of aliphatic hydroxyl groups excluding tert-OH is 1. The number of ketones is 1. The van der Waals surface area contributed by atoms with Crippen LogP contribution in [0.3, 0.4) is 0 Å². The Morgan fingerprint density at radius 1 is 1.39 bits per heavy atom. The highest BCUT2D eigenvalue weighted by atomic mass is 32.2. The minimum atomic E-state index is -4.09. The van der Waals surface area contributed by atoms with E-state index in [1.54, 1.807) is 11.3 Å². The molecule has 0 amide bonds. The van der Waals surface area contributed by atoms with E-state index >= 15 is 0 Å². The van der Waals surface area contributed by atoms with Crippen LogP contribution < -0.4 is 10.5 Å². The van der Waals surface area contributed by atoms with E-state index in [2.05, 4.69) is 30.9 Å². The fraction of sp³-hybridized carbons (Fsp3) is 0.435. The van der Waals surface area contributed by atoms with Gasteiger partial charge in [-0.25, -0.2) is 15.1 Å². The summed E-state index contributed by atoms with van der Waals surface area (Å²) in [6.45, 7) is 2.43. The van der Waals surface area contributed by atoms with Crippen molar-refractivity contribution in [2.75, 3.05) is 18.5 Å². The van der Waals surface area contributed by atoms with Gasteiger partial charge in [-0.2, -0.15) is 8.42 Å². The normalized spacial score (nSPS) is 24.0. The second-order valence-corrected chi connectivity index (χ2v) is 12.4. The summed E-state index contributed by atoms with van der Waals surface area (Å²) < 4.78 is 32.9. The average molecular weight is 551 g/mol. The Hall–Kier alpha value is -2.26. The molecule has 0 bridgehead atoms. The largest absolute Gasteiger partial charge is 0.393 e. The van der Waals surface area contributed by atoms with Gasteiger partial charge in [0.25, 0.3) is 0 Å². The predicted molar refractivity (Wildman–Crippen MR) is 136 cm³/mol. The first-order valence-electron chi connectivity index (χ1n) is 11.4. The summed E-state index contributed by atoms with van der Waals surface area (Å²) in [5.41, 5.74) is 2.62. The highest BCUT2D eigenvalue weighted by Gasteiger charge is 2.35. The highest BCUT2D eigenvalue weighted by Crippen LogP contribution is 2.40. The summed E-state index contributed by atoms with van der Waals surface area (Å²) in [6.07, 6.45) is 3.56. The molecule has 36 heavy (non-hydrogen) atoms. The number of fused-ring (bicyclic) bond motifs is 1. The Kier molecular flexibility index (Phi) is 7.23. The molecule has 1 aliphatic carbocycles. The molecule has 1 unspecified atom stereocenters. The van der Waals surface area contributed by atoms with Gasteiger partial charge in [0.15, 0.2) is 0 Å². The van der Waals surface area contributed by atoms with Gasteiger partial charge in [0.1, 0.15) is 18.2 Å². The maximum absolute atomic E-state index is 13.5. The highest BCUT2D eigenvalue weighted by molar-refractivity contribution is 7.84. The molecule has 2 aliphatic rings. The topological polar surface area (TPSA) is 154 Å². The monoisotopic (exact) mass is 550 g/mol. The molecule has 192 valence electrons. The summed E-state index contributed by atoms with van der Waals surface area (Å²) >= 11 is 3.09. The summed E-state index contributed by atoms with van der Waals surface area (Å²) in [7, 11) is -4.09. The van der Waals surface area contributed by atoms with Crippen molar-refractivity contribution in [3.8, 4) is 0 Å². The van der Waals surface area contributed by atoms with E-state index in [1.165, 1.54) is 34.3 Å². The molecule has 4 N–H and O–H groups in total. The predicted octanol–water partition coefficient (Wildman–Crippen LogP) is 2.57. The lowest BCUT2D eigenvalue weighted by atomic mass is 10.0. The number of rotatable bonds is 8. The van der Waals surface area contributed by atoms with Crippen molar-refractivity contribution in [1.29, 1.82) is 0 Å². The molecule has 3 aromatic heterocycles. The van der Waals surface area contributed by atoms with Gasteiger partial charge in [-0.1, -0.05) is 0 Å². The number of thiophene rings is 2. The molecule has 0 radical (unpaired) electrons. The van der Waals surface area contributed by atoms with Crippen molar-refractivity contribution < 1.29 is 27.2 Å². The standard InChI is InChI=1S/C23H26N4O6S3/c1-12-16(21-22-13(2-4-32-21)3-5-34-22)8-19(35-12)20(29)17-9-25-11-26-23(17)27-15-6-14(18(28)7-15)10-33-36(24,30)31/h3,5,8-9,11,14-15,18,21,28H,2,4,6-7,10H2,1H3,(H2,24,30,31)(H,25,26,27)/t14-,15-,18+,21?/m1/s1. The molecule has 0 spiro atoms. The van der Waals surface area contributed by atoms with Crippen LogP contribution in [0.5, 0.6) is 0 Å². The minimum Gasteiger partial charge on any atom is -0.393 e. The Morgan fingerprint density at radius 3 is 3.03 bits per heavy atom. The average Bonchev–Trinajstić information content (AvgIpc) is 3.55. The minimum absolute atomic E-state index is 0.173. The summed E-state index contributed by atoms with van der Waals surface area (Å²) in [6, 6.07) is 3.80. The number of ether oxygens (including phenoxy) is 1. The van der Waals surface area contributed by atoms with E-state index in [1.807, 2.05) is 13.0 Å². The molecule has 5 rings (SSSR count). The number of nitrogens with two attached hydrogens (primary N) is 1. The molecule has 1 fully saturated rings. The molecule has 0 aromatic carbocycles. The number of aryl methyl sites for hydroxylation is 1. The van der Waals surface area contributed by atoms with Crippen LogP contribution in [0.4, 0.5) is 5.82 Å². The number of aliphatic hydroxyl groups is 1. The first-order chi connectivity index (χ1) is 17.2. The van der Waals surface area contributed by atoms with Gasteiger partial charge < -0.3 is 15.2 Å². The van der Waals surface area contributed by atoms with Gasteiger partial charge in [-0.05, 0) is 49.3 Å². The number of hydrogen-bond donors (Lipinski definition) is 3. The molecule has 13 heteroatoms. The summed E-state index contributed by atoms with van der Waals surface area (Å²) in [4.78, 5) is 24.6. The van der Waals surface area contributed by atoms with Crippen LogP contribution in [-0.4, -0.2) is 54.6 Å². The van der Waals surface area contributed by atoms with Gasteiger partial charge >= 0.3 is 10.3 Å². The molecule has 4 heterocycles. The molecule has 10 nitrogen and oxygen atoms in total. The first kappa shape index (κ1) is 25.4. The molecule has 1 saturated carbocycles. The second kappa shape index (κ2) is 10.2. The Bertz CT molecular complexity index is 1370. The zero-order valence-corrected chi connectivity index (χ0v) is 21.9. The Labute approximate surface area is 216 Å². The number of anilines is 1. The number of hydrogen-bond acceptors (Lipinski definition) is 11. The van der Waals surface area contributed by atoms with Gasteiger partial charge in [0.2, 0.25) is 5.78 Å². The van der Waals surface area contributed by atoms with E-state index in [-0.39, 0.29) is 24.5 Å². The maximum atomic E-state index is 13.5. The van der Waals surface area contributed by atoms with Crippen molar-refractivity contribution in [2.24, 2.45) is 11.1 Å². The molecular weight excluding hydrogens is 524 g/mol. The van der Waals surface area contributed by atoms with Gasteiger partial charge in [-0.3, -0.25) is 8.98 Å². The zero-order valence-electron chi connectivity index (χ0n) is 19.4. The second-order valence-electron chi connectivity index (χ2n) is 8.96. The SMILES string of the molecule is Cc1sc(C(=O)c2cncnc2N[C@@H]2C[C@H](COS(N)(=O)=O)[C@@H](O)C2)cc1C1OCCc2ccsc21. The van der Waals surface area contributed by atoms with E-state index in [9.17, 15) is 18.3 Å². The van der Waals surface area contributed by atoms with Gasteiger partial charge in [-0.15, -0.1) is 22.7 Å². The van der Waals surface area contributed by atoms with E-state index in [0.29, 0.717) is 35.7 Å². The smallest absolute Gasteiger partial charge is 0.333 e. The van der Waals surface area contributed by atoms with Crippen LogP contribution in [-0.2, 0) is 25.6 Å². The van der Waals surface area contributed by atoms with Crippen LogP contribution in [0.2, 0.25) is 0 Å². The van der Waals surface area contributed by atoms with Crippen LogP contribution >= 0.6 is 22.7 Å². The van der Waals surface area contributed by atoms with Crippen molar-refractivity contribution in [3.63, 3.8) is 0 Å². The number of carbonyl (C=O) groups is 1. The van der Waals surface area contributed by atoms with Crippen LogP contribution in [0.25, 0.3) is 0 Å². The number of nitrogens with one attached hydrogen (secondary N) is 1. The molecular formula is C23H26N4O6S3. The van der Waals surface area contributed by atoms with E-state index in [4.69, 9.17) is 9.88 Å². The first-order valence-corrected chi connectivity index (χ1v) is 14.6. The lowest BCUT2D eigenvalue weighted by Crippen LogP contribution is -2.24. The Morgan fingerprint density at radius 2 is 2.22 bits per heavy atom. The van der Waals surface area contributed by atoms with Crippen LogP contribution in [0, 0.1) is 12.8 Å². The lowest BCUT2D eigenvalue weighted by molar-refractivity contribution is 0.0727. The third kappa shape index (κ3) is 5.37. The fourth-order valence-corrected chi connectivity index (χ4v) is 7.15. The van der Waals surface area contributed by atoms with Gasteiger partial charge in [0.05, 0.1) is 29.8 Å². The van der Waals surface area contributed by atoms with Crippen molar-refractivity contribution in [2.45, 2.75) is 44.4 Å². The Balaban J connectivity index is 1.33. The van der Waals surface area contributed by atoms with Crippen LogP contribution in [0.15, 0.2) is 30.0 Å². The van der Waals surface area contributed by atoms with Crippen molar-refractivity contribution in [1.82, 2.24) is 9.97 Å². The lowest BCUT2D eigenvalue weighted by Gasteiger charge is -2.23. The van der Waals surface area contributed by atoms with E-state index in [0.717, 1.165) is 16.9 Å². The third-order valence-corrected chi connectivity index (χ3v) is 9.07. The molecule has 3 aromatic rings. The summed E-state index contributed by atoms with van der Waals surface area (Å²) in [5.74, 6) is -0.253. The number of aromatic nitrogens is 2. The number of nitrogens with zero attached hydrogens (tertiary/aromatic N) is 2. The zero-order chi connectivity index (χ0) is 25.4. The van der Waals surface area contributed by atoms with E-state index < -0.39 is 22.3 Å². The van der Waals surface area contributed by atoms with Crippen LogP contribution in [0.1, 0.15) is 55.1 Å². The van der Waals surface area contributed by atoms with Gasteiger partial charge in [0, 0.05) is 33.5 Å². The molecule has 1 aliphatic heterocycles. The molecule has 0 saturated heterocycles. The van der Waals surface area contributed by atoms with Crippen molar-refractivity contribution >= 4 is 44.6 Å². The molecule has 4 atom stereocenters. The third-order valence-electron chi connectivity index (χ3n) is 6.54.